The molecular weight excluding hydrogens is 1060 g/mol. The second-order valence-electron chi connectivity index (χ2n) is 16.8. The van der Waals surface area contributed by atoms with Crippen LogP contribution in [0.15, 0.2) is 61.4 Å². The van der Waals surface area contributed by atoms with Crippen molar-refractivity contribution < 1.29 is 74.0 Å². The Morgan fingerprint density at radius 1 is 0.372 bits per heavy atom. The molecule has 7 aromatic rings. The molecule has 1 aromatic carbocycles. The number of halogens is 2. The molecule has 0 saturated heterocycles. The number of aromatic nitrogens is 12. The van der Waals surface area contributed by atoms with Crippen LogP contribution < -0.4 is 89.6 Å². The molecule has 410 valence electrons. The Hall–Kier alpha value is -10.2. The van der Waals surface area contributed by atoms with Crippen LogP contribution in [0.2, 0.25) is 0 Å². The number of nitrogens with zero attached hydrogens (tertiary/aromatic N) is 12. The minimum Gasteiger partial charge on any atom is -1.00 e. The lowest BCUT2D eigenvalue weighted by Crippen LogP contribution is -3.00. The van der Waals surface area contributed by atoms with Gasteiger partial charge in [0.1, 0.15) is 0 Å². The fourth-order valence-corrected chi connectivity index (χ4v) is 7.06. The highest BCUT2D eigenvalue weighted by Gasteiger charge is 2.24. The Bertz CT molecular complexity index is 3260. The molecule has 0 atom stereocenters. The van der Waals surface area contributed by atoms with Crippen molar-refractivity contribution in [3.8, 4) is 0 Å². The second kappa shape index (κ2) is 24.9. The Labute approximate surface area is 453 Å². The van der Waals surface area contributed by atoms with Crippen LogP contribution in [0.1, 0.15) is 97.3 Å². The number of anilines is 6. The van der Waals surface area contributed by atoms with E-state index in [1.54, 1.807) is 14.1 Å². The smallest absolute Gasteiger partial charge is 0.292 e. The standard InChI is InChI=1S/C44H50N24O8.2ClH/c1-63-17-27(51-31(63)39(71)49-13-11-23(45)46)59-43(75)35-55-29(19-67(35)5)61-41(73)33-53-25(15-65(33)3)57-37(69)21-7-9-22(10-8-21)38(70)58-26-16-66(4)34(54-26)42(74)62-30-20-68(6)36(56-30)44(76)60-28-18-64(2)32(52-28)40(72)50-14-12-24(47)48;;/h7-10,15-20H,11-14H2,1-6H3,(H3,45,46)(H3,47,48)(H,49,71)(H,50,72)(H,57,69)(H,58,70)(H,59,75)(H,60,76)(H,61,73)(H,62,74);2*1H. The van der Waals surface area contributed by atoms with Crippen molar-refractivity contribution in [3.05, 3.63) is 108 Å². The first-order valence-electron chi connectivity index (χ1n) is 22.5. The summed E-state index contributed by atoms with van der Waals surface area (Å²) in [4.78, 5) is 129. The summed E-state index contributed by atoms with van der Waals surface area (Å²) in [6, 6.07) is 5.58. The van der Waals surface area contributed by atoms with Crippen molar-refractivity contribution in [2.75, 3.05) is 45.0 Å². The molecule has 16 N–H and O–H groups in total. The molecule has 32 nitrogen and oxygen atoms in total. The molecule has 0 radical (unpaired) electrons. The van der Waals surface area contributed by atoms with E-state index in [2.05, 4.69) is 72.4 Å². The van der Waals surface area contributed by atoms with Gasteiger partial charge in [-0.3, -0.25) is 60.6 Å². The number of carbonyl (C=O) groups is 8. The summed E-state index contributed by atoms with van der Waals surface area (Å²) >= 11 is 0. The van der Waals surface area contributed by atoms with E-state index in [-0.39, 0.29) is 143 Å². The Balaban J connectivity index is 0.00000560. The molecule has 78 heavy (non-hydrogen) atoms. The number of hydrogen-bond acceptors (Lipinski definition) is 14. The molecule has 6 heterocycles. The number of imidazole rings is 6. The molecule has 0 aliphatic heterocycles. The van der Waals surface area contributed by atoms with Gasteiger partial charge < -0.3 is 94.8 Å². The number of benzene rings is 1. The van der Waals surface area contributed by atoms with E-state index in [4.69, 9.17) is 22.3 Å². The van der Waals surface area contributed by atoms with Gasteiger partial charge in [-0.25, -0.2) is 29.9 Å². The van der Waals surface area contributed by atoms with Crippen LogP contribution in [-0.2, 0) is 42.3 Å². The Morgan fingerprint density at radius 2 is 0.564 bits per heavy atom. The van der Waals surface area contributed by atoms with Gasteiger partial charge >= 0.3 is 0 Å². The summed E-state index contributed by atoms with van der Waals surface area (Å²) in [5.41, 5.74) is 11.2. The molecule has 0 aliphatic rings. The van der Waals surface area contributed by atoms with Gasteiger partial charge in [0.2, 0.25) is 46.6 Å². The average Bonchev–Trinajstić information content (AvgIpc) is 4.22. The van der Waals surface area contributed by atoms with Crippen LogP contribution in [0.3, 0.4) is 0 Å². The third-order valence-corrected chi connectivity index (χ3v) is 10.7. The van der Waals surface area contributed by atoms with Gasteiger partial charge in [-0.2, -0.15) is 0 Å². The fraction of sp³-hybridized carbons (Fsp3) is 0.227. The first kappa shape index (κ1) is 58.6. The topological polar surface area (TPSA) is 443 Å². The van der Waals surface area contributed by atoms with Gasteiger partial charge in [-0.05, 0) is 24.3 Å². The number of hydrogen-bond donors (Lipinski definition) is 12. The molecular formula is C44H52Cl2N24O8. The van der Waals surface area contributed by atoms with E-state index in [9.17, 15) is 38.4 Å². The first-order valence-corrected chi connectivity index (χ1v) is 22.5. The number of carbonyl (C=O) groups excluding carboxylic acids is 8. The van der Waals surface area contributed by atoms with E-state index in [0.29, 0.717) is 0 Å². The number of amidine groups is 2. The predicted octanol–water partition coefficient (Wildman–Crippen LogP) is -9.92. The van der Waals surface area contributed by atoms with Crippen LogP contribution in [-0.4, -0.2) is 129 Å². The monoisotopic (exact) mass is 1110 g/mol. The summed E-state index contributed by atoms with van der Waals surface area (Å²) in [5.74, 6) is -4.85. The van der Waals surface area contributed by atoms with E-state index < -0.39 is 47.3 Å². The maximum atomic E-state index is 13.3. The van der Waals surface area contributed by atoms with Crippen molar-refractivity contribution in [1.29, 1.82) is 0 Å². The van der Waals surface area contributed by atoms with E-state index in [1.165, 1.54) is 117 Å². The summed E-state index contributed by atoms with van der Waals surface area (Å²) in [7, 11) is 9.27. The van der Waals surface area contributed by atoms with Crippen LogP contribution >= 0.6 is 0 Å². The Morgan fingerprint density at radius 3 is 0.769 bits per heavy atom. The van der Waals surface area contributed by atoms with Crippen molar-refractivity contribution in [3.63, 3.8) is 0 Å². The highest BCUT2D eigenvalue weighted by molar-refractivity contribution is 6.09. The third-order valence-electron chi connectivity index (χ3n) is 10.7. The van der Waals surface area contributed by atoms with Crippen molar-refractivity contribution in [1.82, 2.24) is 67.9 Å². The maximum Gasteiger partial charge on any atom is 0.292 e. The highest BCUT2D eigenvalue weighted by atomic mass is 35.5. The summed E-state index contributed by atoms with van der Waals surface area (Å²) in [5, 5.41) is 31.6. The zero-order valence-electron chi connectivity index (χ0n) is 42.3. The number of nitrogens with one attached hydrogen (secondary N) is 8. The zero-order chi connectivity index (χ0) is 55.1. The van der Waals surface area contributed by atoms with E-state index in [1.807, 2.05) is 0 Å². The van der Waals surface area contributed by atoms with Gasteiger partial charge in [0.05, 0.1) is 12.8 Å². The van der Waals surface area contributed by atoms with E-state index in [0.717, 1.165) is 0 Å². The molecule has 0 fully saturated rings. The van der Waals surface area contributed by atoms with Crippen molar-refractivity contribution >= 4 is 93.8 Å². The highest BCUT2D eigenvalue weighted by Crippen LogP contribution is 2.18. The molecule has 0 saturated carbocycles. The van der Waals surface area contributed by atoms with Crippen LogP contribution in [0.4, 0.5) is 34.9 Å². The number of amides is 8. The SMILES string of the molecule is Cn1cc(NC(=O)c2nc(NC(=O)c3nc(NC(=O)c4ccc(C(=O)Nc5cn(C)c(C(=O)Nc6cn(C)c(C(=O)Nc7cn(C)c(C(=O)NCCC(N)=[NH2+])n7)n6)n5)cc4)cn3C)cn2C)nc1C(=O)NCCC(N)=[NH2+].[Cl-].[Cl-]. The van der Waals surface area contributed by atoms with Crippen LogP contribution in [0, 0.1) is 0 Å². The van der Waals surface area contributed by atoms with E-state index >= 15 is 0 Å². The fourth-order valence-electron chi connectivity index (χ4n) is 7.06. The minimum atomic E-state index is -0.712. The Kier molecular flexibility index (Phi) is 18.7. The lowest BCUT2D eigenvalue weighted by molar-refractivity contribution is -0.118. The summed E-state index contributed by atoms with van der Waals surface area (Å²) in [6.07, 6.45) is 9.02. The largest absolute Gasteiger partial charge is 1.00 e. The van der Waals surface area contributed by atoms with Crippen LogP contribution in [0.25, 0.3) is 0 Å². The zero-order valence-corrected chi connectivity index (χ0v) is 43.8. The molecule has 0 unspecified atom stereocenters. The van der Waals surface area contributed by atoms with Gasteiger partial charge in [0, 0.05) is 104 Å². The van der Waals surface area contributed by atoms with Crippen molar-refractivity contribution in [2.24, 2.45) is 53.8 Å². The average molecular weight is 1120 g/mol. The number of rotatable bonds is 20. The molecule has 34 heteroatoms. The molecule has 0 aliphatic carbocycles. The van der Waals surface area contributed by atoms with Gasteiger partial charge in [0.25, 0.3) is 47.3 Å². The number of nitrogens with two attached hydrogens (primary N) is 4. The molecule has 6 aromatic heterocycles. The molecule has 0 spiro atoms. The van der Waals surface area contributed by atoms with Gasteiger partial charge in [0.15, 0.2) is 34.9 Å². The lowest BCUT2D eigenvalue weighted by atomic mass is 10.1. The van der Waals surface area contributed by atoms with Crippen LogP contribution in [0.5, 0.6) is 0 Å². The quantitative estimate of drug-likeness (QED) is 0.0249. The third kappa shape index (κ3) is 14.1. The lowest BCUT2D eigenvalue weighted by Gasteiger charge is -2.05. The normalized spacial score (nSPS) is 10.5. The maximum absolute atomic E-state index is 13.3. The predicted molar refractivity (Wildman–Crippen MR) is 270 cm³/mol. The minimum absolute atomic E-state index is 0. The summed E-state index contributed by atoms with van der Waals surface area (Å²) in [6.45, 7) is 0.386. The molecule has 7 rings (SSSR count). The molecule has 0 bridgehead atoms. The van der Waals surface area contributed by atoms with Gasteiger partial charge in [-0.1, -0.05) is 0 Å². The summed E-state index contributed by atoms with van der Waals surface area (Å²) < 4.78 is 8.31. The molecule has 8 amide bonds. The second-order valence-corrected chi connectivity index (χ2v) is 16.8. The van der Waals surface area contributed by atoms with Crippen molar-refractivity contribution in [2.45, 2.75) is 12.8 Å². The first-order chi connectivity index (χ1) is 36.0. The number of aryl methyl sites for hydroxylation is 6. The van der Waals surface area contributed by atoms with Gasteiger partial charge in [-0.15, -0.1) is 0 Å².